The number of aromatic nitrogens is 2. The molecule has 1 atom stereocenters. The van der Waals surface area contributed by atoms with Crippen molar-refractivity contribution in [1.29, 1.82) is 0 Å². The second kappa shape index (κ2) is 7.45. The Bertz CT molecular complexity index is 309. The van der Waals surface area contributed by atoms with Gasteiger partial charge in [0.1, 0.15) is 0 Å². The van der Waals surface area contributed by atoms with Crippen LogP contribution in [0.15, 0.2) is 12.4 Å². The van der Waals surface area contributed by atoms with Crippen LogP contribution >= 0.6 is 0 Å². The average molecular weight is 239 g/mol. The summed E-state index contributed by atoms with van der Waals surface area (Å²) in [4.78, 5) is 0. The zero-order valence-corrected chi connectivity index (χ0v) is 11.2. The molecular formula is C13H25N3O. The van der Waals surface area contributed by atoms with Crippen molar-refractivity contribution in [3.05, 3.63) is 18.0 Å². The largest absolute Gasteiger partial charge is 0.380 e. The highest BCUT2D eigenvalue weighted by Crippen LogP contribution is 2.11. The molecule has 0 aromatic carbocycles. The SMILES string of the molecule is CCC(N)c1cnn(CCOCCC(C)C)c1. The minimum Gasteiger partial charge on any atom is -0.380 e. The third-order valence-corrected chi connectivity index (χ3v) is 2.83. The van der Waals surface area contributed by atoms with Crippen molar-refractivity contribution in [3.63, 3.8) is 0 Å². The van der Waals surface area contributed by atoms with E-state index in [4.69, 9.17) is 10.5 Å². The molecule has 98 valence electrons. The molecular weight excluding hydrogens is 214 g/mol. The summed E-state index contributed by atoms with van der Waals surface area (Å²) in [6.07, 6.45) is 5.92. The molecule has 0 amide bonds. The molecule has 1 heterocycles. The molecule has 1 rings (SSSR count). The van der Waals surface area contributed by atoms with Crippen LogP contribution in [0.25, 0.3) is 0 Å². The van der Waals surface area contributed by atoms with E-state index in [2.05, 4.69) is 25.9 Å². The van der Waals surface area contributed by atoms with Gasteiger partial charge in [0.05, 0.1) is 19.3 Å². The van der Waals surface area contributed by atoms with Crippen molar-refractivity contribution in [2.45, 2.75) is 46.2 Å². The van der Waals surface area contributed by atoms with E-state index in [1.165, 1.54) is 0 Å². The fourth-order valence-corrected chi connectivity index (χ4v) is 1.51. The predicted octanol–water partition coefficient (Wildman–Crippen LogP) is 2.36. The van der Waals surface area contributed by atoms with Crippen molar-refractivity contribution in [3.8, 4) is 0 Å². The molecule has 0 radical (unpaired) electrons. The molecule has 0 saturated heterocycles. The first-order valence-electron chi connectivity index (χ1n) is 6.49. The highest BCUT2D eigenvalue weighted by molar-refractivity contribution is 5.09. The maximum absolute atomic E-state index is 5.93. The van der Waals surface area contributed by atoms with Gasteiger partial charge in [-0.2, -0.15) is 5.10 Å². The summed E-state index contributed by atoms with van der Waals surface area (Å²) in [5.74, 6) is 0.703. The maximum Gasteiger partial charge on any atom is 0.0662 e. The fraction of sp³-hybridized carbons (Fsp3) is 0.769. The van der Waals surface area contributed by atoms with Crippen molar-refractivity contribution in [1.82, 2.24) is 9.78 Å². The van der Waals surface area contributed by atoms with Gasteiger partial charge in [-0.3, -0.25) is 4.68 Å². The molecule has 1 aromatic heterocycles. The van der Waals surface area contributed by atoms with Gasteiger partial charge in [-0.1, -0.05) is 20.8 Å². The first kappa shape index (κ1) is 14.2. The van der Waals surface area contributed by atoms with Gasteiger partial charge in [0.25, 0.3) is 0 Å². The second-order valence-electron chi connectivity index (χ2n) is 4.85. The standard InChI is InChI=1S/C13H25N3O/c1-4-13(14)12-9-15-16(10-12)6-8-17-7-5-11(2)3/h9-11,13H,4-8,14H2,1-3H3. The number of rotatable bonds is 8. The van der Waals surface area contributed by atoms with Crippen LogP contribution in [0.3, 0.4) is 0 Å². The molecule has 1 aromatic rings. The van der Waals surface area contributed by atoms with Crippen LogP contribution < -0.4 is 5.73 Å². The summed E-state index contributed by atoms with van der Waals surface area (Å²) in [7, 11) is 0. The zero-order valence-electron chi connectivity index (χ0n) is 11.2. The number of hydrogen-bond acceptors (Lipinski definition) is 3. The van der Waals surface area contributed by atoms with E-state index in [-0.39, 0.29) is 6.04 Å². The monoisotopic (exact) mass is 239 g/mol. The Hall–Kier alpha value is -0.870. The third kappa shape index (κ3) is 5.33. The molecule has 0 aliphatic heterocycles. The number of hydrogen-bond donors (Lipinski definition) is 1. The normalized spacial score (nSPS) is 13.2. The second-order valence-corrected chi connectivity index (χ2v) is 4.85. The minimum atomic E-state index is 0.102. The summed E-state index contributed by atoms with van der Waals surface area (Å²) in [6.45, 7) is 8.84. The van der Waals surface area contributed by atoms with Crippen LogP contribution in [-0.2, 0) is 11.3 Å². The molecule has 0 aliphatic rings. The smallest absolute Gasteiger partial charge is 0.0662 e. The minimum absolute atomic E-state index is 0.102. The number of nitrogens with zero attached hydrogens (tertiary/aromatic N) is 2. The van der Waals surface area contributed by atoms with Crippen LogP contribution in [-0.4, -0.2) is 23.0 Å². The van der Waals surface area contributed by atoms with Crippen molar-refractivity contribution in [2.24, 2.45) is 11.7 Å². The molecule has 1 unspecified atom stereocenters. The summed E-state index contributed by atoms with van der Waals surface area (Å²) in [6, 6.07) is 0.102. The molecule has 0 aliphatic carbocycles. The highest BCUT2D eigenvalue weighted by atomic mass is 16.5. The van der Waals surface area contributed by atoms with Gasteiger partial charge in [0.2, 0.25) is 0 Å². The van der Waals surface area contributed by atoms with Gasteiger partial charge >= 0.3 is 0 Å². The van der Waals surface area contributed by atoms with E-state index in [9.17, 15) is 0 Å². The molecule has 4 heteroatoms. The van der Waals surface area contributed by atoms with Crippen LogP contribution in [0.5, 0.6) is 0 Å². The Kier molecular flexibility index (Phi) is 6.22. The Labute approximate surface area is 104 Å². The van der Waals surface area contributed by atoms with Gasteiger partial charge in [-0.05, 0) is 18.8 Å². The van der Waals surface area contributed by atoms with E-state index in [0.717, 1.165) is 38.2 Å². The van der Waals surface area contributed by atoms with Gasteiger partial charge in [0.15, 0.2) is 0 Å². The molecule has 0 saturated carbocycles. The Morgan fingerprint density at radius 2 is 2.18 bits per heavy atom. The van der Waals surface area contributed by atoms with Gasteiger partial charge in [-0.15, -0.1) is 0 Å². The highest BCUT2D eigenvalue weighted by Gasteiger charge is 2.05. The molecule has 4 nitrogen and oxygen atoms in total. The van der Waals surface area contributed by atoms with Crippen molar-refractivity contribution in [2.75, 3.05) is 13.2 Å². The molecule has 0 fully saturated rings. The fourth-order valence-electron chi connectivity index (χ4n) is 1.51. The van der Waals surface area contributed by atoms with Gasteiger partial charge < -0.3 is 10.5 Å². The summed E-state index contributed by atoms with van der Waals surface area (Å²) < 4.78 is 7.46. The lowest BCUT2D eigenvalue weighted by molar-refractivity contribution is 0.114. The summed E-state index contributed by atoms with van der Waals surface area (Å²) in [5.41, 5.74) is 7.04. The Balaban J connectivity index is 2.21. The van der Waals surface area contributed by atoms with Crippen LogP contribution in [0.4, 0.5) is 0 Å². The van der Waals surface area contributed by atoms with Crippen molar-refractivity contribution < 1.29 is 4.74 Å². The number of nitrogens with two attached hydrogens (primary N) is 1. The van der Waals surface area contributed by atoms with Crippen LogP contribution in [0.1, 0.15) is 45.2 Å². The molecule has 17 heavy (non-hydrogen) atoms. The average Bonchev–Trinajstić information content (AvgIpc) is 2.76. The number of ether oxygens (including phenoxy) is 1. The van der Waals surface area contributed by atoms with Gasteiger partial charge in [0, 0.05) is 24.4 Å². The van der Waals surface area contributed by atoms with Crippen molar-refractivity contribution >= 4 is 0 Å². The van der Waals surface area contributed by atoms with E-state index in [1.54, 1.807) is 0 Å². The predicted molar refractivity (Wildman–Crippen MR) is 69.7 cm³/mol. The third-order valence-electron chi connectivity index (χ3n) is 2.83. The zero-order chi connectivity index (χ0) is 12.7. The first-order valence-corrected chi connectivity index (χ1v) is 6.49. The lowest BCUT2D eigenvalue weighted by atomic mass is 10.1. The van der Waals surface area contributed by atoms with E-state index in [1.807, 2.05) is 17.1 Å². The molecule has 0 bridgehead atoms. The Morgan fingerprint density at radius 3 is 2.82 bits per heavy atom. The van der Waals surface area contributed by atoms with Crippen LogP contribution in [0.2, 0.25) is 0 Å². The maximum atomic E-state index is 5.93. The van der Waals surface area contributed by atoms with Crippen LogP contribution in [0, 0.1) is 5.92 Å². The summed E-state index contributed by atoms with van der Waals surface area (Å²) >= 11 is 0. The van der Waals surface area contributed by atoms with E-state index < -0.39 is 0 Å². The van der Waals surface area contributed by atoms with E-state index in [0.29, 0.717) is 5.92 Å². The molecule has 2 N–H and O–H groups in total. The lowest BCUT2D eigenvalue weighted by Gasteiger charge is -2.06. The molecule has 0 spiro atoms. The van der Waals surface area contributed by atoms with E-state index >= 15 is 0 Å². The lowest BCUT2D eigenvalue weighted by Crippen LogP contribution is -2.09. The van der Waals surface area contributed by atoms with Gasteiger partial charge in [-0.25, -0.2) is 0 Å². The summed E-state index contributed by atoms with van der Waals surface area (Å²) in [5, 5.41) is 4.27. The quantitative estimate of drug-likeness (QED) is 0.708. The Morgan fingerprint density at radius 1 is 1.41 bits per heavy atom. The topological polar surface area (TPSA) is 53.1 Å². The first-order chi connectivity index (χ1) is 8.13.